The Kier molecular flexibility index (Phi) is 7.65. The molecule has 1 unspecified atom stereocenters. The molecule has 1 heterocycles. The van der Waals surface area contributed by atoms with Crippen molar-refractivity contribution < 1.29 is 4.79 Å². The molecule has 1 saturated heterocycles. The average Bonchev–Trinajstić information content (AvgIpc) is 2.78. The van der Waals surface area contributed by atoms with Crippen LogP contribution in [0.4, 0.5) is 0 Å². The Morgan fingerprint density at radius 2 is 1.33 bits per heavy atom. The van der Waals surface area contributed by atoms with Gasteiger partial charge in [-0.05, 0) is 67.6 Å². The summed E-state index contributed by atoms with van der Waals surface area (Å²) < 4.78 is 0. The number of carbonyl (C=O) groups is 1. The van der Waals surface area contributed by atoms with Gasteiger partial charge in [0.05, 0.1) is 0 Å². The molecule has 3 rings (SSSR count). The highest BCUT2D eigenvalue weighted by Crippen LogP contribution is 2.64. The van der Waals surface area contributed by atoms with Crippen molar-refractivity contribution in [3.05, 3.63) is 53.1 Å². The van der Waals surface area contributed by atoms with E-state index in [1.54, 1.807) is 0 Å². The summed E-state index contributed by atoms with van der Waals surface area (Å²) in [6, 6.07) is 14.1. The van der Waals surface area contributed by atoms with E-state index >= 15 is 0 Å². The van der Waals surface area contributed by atoms with Crippen molar-refractivity contribution >= 4 is 19.0 Å². The molecule has 0 radical (unpaired) electrons. The second kappa shape index (κ2) is 9.65. The van der Waals surface area contributed by atoms with Crippen LogP contribution in [-0.2, 0) is 4.79 Å². The van der Waals surface area contributed by atoms with E-state index in [4.69, 9.17) is 0 Å². The van der Waals surface area contributed by atoms with Crippen LogP contribution in [0.15, 0.2) is 36.4 Å². The maximum atomic E-state index is 12.7. The molecule has 2 heteroatoms. The number of hydrogen-bond donors (Lipinski definition) is 0. The van der Waals surface area contributed by atoms with Gasteiger partial charge in [-0.25, -0.2) is 0 Å². The van der Waals surface area contributed by atoms with E-state index in [0.29, 0.717) is 30.0 Å². The van der Waals surface area contributed by atoms with Gasteiger partial charge in [0, 0.05) is 12.8 Å². The van der Waals surface area contributed by atoms with Gasteiger partial charge in [-0.15, -0.1) is 0 Å². The molecule has 0 bridgehead atoms. The molecule has 1 aliphatic rings. The first kappa shape index (κ1) is 26.2. The van der Waals surface area contributed by atoms with Crippen molar-refractivity contribution in [2.45, 2.75) is 117 Å². The Morgan fingerprint density at radius 3 is 1.85 bits per heavy atom. The molecule has 2 aromatic carbocycles. The van der Waals surface area contributed by atoms with E-state index in [-0.39, 0.29) is 10.3 Å². The summed E-state index contributed by atoms with van der Waals surface area (Å²) in [5.74, 6) is 1.85. The molecule has 0 aliphatic carbocycles. The summed E-state index contributed by atoms with van der Waals surface area (Å²) in [7, 11) is -0.555. The molecular formula is C31H45OP. The monoisotopic (exact) mass is 464 g/mol. The Morgan fingerprint density at radius 1 is 0.788 bits per heavy atom. The molecular weight excluding hydrogens is 419 g/mol. The van der Waals surface area contributed by atoms with Crippen LogP contribution < -0.4 is 5.30 Å². The van der Waals surface area contributed by atoms with Crippen LogP contribution in [0.2, 0.25) is 0 Å². The highest BCUT2D eigenvalue weighted by Gasteiger charge is 2.45. The zero-order valence-corrected chi connectivity index (χ0v) is 23.6. The summed E-state index contributed by atoms with van der Waals surface area (Å²) in [6.07, 6.45) is 2.39. The van der Waals surface area contributed by atoms with Crippen LogP contribution >= 0.6 is 7.92 Å². The van der Waals surface area contributed by atoms with Gasteiger partial charge in [0.1, 0.15) is 5.78 Å². The van der Waals surface area contributed by atoms with Crippen LogP contribution in [0.25, 0.3) is 11.1 Å². The number of Topliss-reactive ketones (excluding diaryl/α,β-unsaturated/α-hetero) is 1. The standard InChI is InChI=1S/C31H45OP/c1-20(2)23-17-26(21(3)4)29(27(18-23)22(5)6)25-13-11-12-14-28(25)33-30(7,8)16-15-24(32)19-31(33,9)10/h11-14,17-18,20-22H,15-16,19H2,1-10H3. The van der Waals surface area contributed by atoms with Crippen molar-refractivity contribution in [1.82, 2.24) is 0 Å². The van der Waals surface area contributed by atoms with Gasteiger partial charge in [-0.2, -0.15) is 0 Å². The van der Waals surface area contributed by atoms with E-state index in [0.717, 1.165) is 12.8 Å². The van der Waals surface area contributed by atoms with Crippen molar-refractivity contribution in [3.63, 3.8) is 0 Å². The molecule has 0 N–H and O–H groups in total. The maximum Gasteiger partial charge on any atom is 0.133 e. The summed E-state index contributed by atoms with van der Waals surface area (Å²) in [5, 5.41) is 1.59. The lowest BCUT2D eigenvalue weighted by Gasteiger charge is -2.44. The van der Waals surface area contributed by atoms with E-state index in [1.165, 1.54) is 33.1 Å². The summed E-state index contributed by atoms with van der Waals surface area (Å²) in [6.45, 7) is 23.4. The number of benzene rings is 2. The van der Waals surface area contributed by atoms with Gasteiger partial charge in [0.15, 0.2) is 0 Å². The normalized spacial score (nSPS) is 20.5. The Balaban J connectivity index is 2.37. The third-order valence-corrected chi connectivity index (χ3v) is 11.1. The number of hydrogen-bond acceptors (Lipinski definition) is 1. The molecule has 0 saturated carbocycles. The van der Waals surface area contributed by atoms with Crippen molar-refractivity contribution in [3.8, 4) is 11.1 Å². The second-order valence-electron chi connectivity index (χ2n) is 12.2. The second-order valence-corrected chi connectivity index (χ2v) is 15.8. The largest absolute Gasteiger partial charge is 0.300 e. The van der Waals surface area contributed by atoms with E-state index in [9.17, 15) is 4.79 Å². The van der Waals surface area contributed by atoms with Crippen molar-refractivity contribution in [2.24, 2.45) is 0 Å². The fourth-order valence-corrected chi connectivity index (χ4v) is 10.1. The molecule has 1 aliphatic heterocycles. The van der Waals surface area contributed by atoms with Crippen molar-refractivity contribution in [2.75, 3.05) is 0 Å². The third-order valence-electron chi connectivity index (χ3n) is 7.40. The smallest absolute Gasteiger partial charge is 0.133 e. The van der Waals surface area contributed by atoms with Crippen LogP contribution in [-0.4, -0.2) is 16.1 Å². The molecule has 1 nitrogen and oxygen atoms in total. The lowest BCUT2D eigenvalue weighted by Crippen LogP contribution is -2.34. The Bertz CT molecular complexity index is 980. The quantitative estimate of drug-likeness (QED) is 0.403. The molecule has 180 valence electrons. The fraction of sp³-hybridized carbons (Fsp3) is 0.581. The van der Waals surface area contributed by atoms with Gasteiger partial charge >= 0.3 is 0 Å². The first-order valence-electron chi connectivity index (χ1n) is 12.9. The van der Waals surface area contributed by atoms with Crippen molar-refractivity contribution in [1.29, 1.82) is 0 Å². The first-order valence-corrected chi connectivity index (χ1v) is 14.2. The summed E-state index contributed by atoms with van der Waals surface area (Å²) in [5.41, 5.74) is 7.23. The summed E-state index contributed by atoms with van der Waals surface area (Å²) >= 11 is 0. The highest BCUT2D eigenvalue weighted by atomic mass is 31.1. The molecule has 0 spiro atoms. The van der Waals surface area contributed by atoms with Crippen LogP contribution in [0.3, 0.4) is 0 Å². The van der Waals surface area contributed by atoms with Gasteiger partial charge in [-0.1, -0.05) is 114 Å². The minimum Gasteiger partial charge on any atom is -0.300 e. The van der Waals surface area contributed by atoms with Gasteiger partial charge in [0.2, 0.25) is 0 Å². The van der Waals surface area contributed by atoms with E-state index in [2.05, 4.69) is 106 Å². The molecule has 0 amide bonds. The lowest BCUT2D eigenvalue weighted by molar-refractivity contribution is -0.119. The van der Waals surface area contributed by atoms with Gasteiger partial charge in [-0.3, -0.25) is 4.79 Å². The van der Waals surface area contributed by atoms with Crippen LogP contribution in [0.5, 0.6) is 0 Å². The average molecular weight is 465 g/mol. The highest BCUT2D eigenvalue weighted by molar-refractivity contribution is 7.69. The zero-order valence-electron chi connectivity index (χ0n) is 22.7. The lowest BCUT2D eigenvalue weighted by atomic mass is 9.82. The topological polar surface area (TPSA) is 17.1 Å². The van der Waals surface area contributed by atoms with Gasteiger partial charge in [0.25, 0.3) is 0 Å². The van der Waals surface area contributed by atoms with E-state index in [1.807, 2.05) is 0 Å². The first-order chi connectivity index (χ1) is 15.3. The fourth-order valence-electron chi connectivity index (χ4n) is 5.83. The van der Waals surface area contributed by atoms with E-state index < -0.39 is 7.92 Å². The predicted molar refractivity (Wildman–Crippen MR) is 148 cm³/mol. The number of ketones is 1. The molecule has 33 heavy (non-hydrogen) atoms. The molecule has 0 aromatic heterocycles. The third kappa shape index (κ3) is 5.30. The van der Waals surface area contributed by atoms with Crippen LogP contribution in [0, 0.1) is 0 Å². The molecule has 1 fully saturated rings. The molecule has 2 aromatic rings. The minimum atomic E-state index is -0.555. The maximum absolute atomic E-state index is 12.7. The van der Waals surface area contributed by atoms with Crippen LogP contribution in [0.1, 0.15) is 123 Å². The SMILES string of the molecule is CC(C)c1cc(C(C)C)c(-c2ccccc2P2C(C)(C)CCC(=O)CC2(C)C)c(C(C)C)c1. The molecule has 1 atom stereocenters. The zero-order chi connectivity index (χ0) is 24.7. The minimum absolute atomic E-state index is 0.0175. The number of carbonyl (C=O) groups excluding carboxylic acids is 1. The van der Waals surface area contributed by atoms with Gasteiger partial charge < -0.3 is 0 Å². The number of rotatable bonds is 5. The Labute approximate surface area is 204 Å². The summed E-state index contributed by atoms with van der Waals surface area (Å²) in [4.78, 5) is 12.7. The predicted octanol–water partition coefficient (Wildman–Crippen LogP) is 9.14. The Hall–Kier alpha value is -1.46.